The van der Waals surface area contributed by atoms with Crippen molar-refractivity contribution in [2.75, 3.05) is 18.6 Å². The predicted octanol–water partition coefficient (Wildman–Crippen LogP) is 2.62. The summed E-state index contributed by atoms with van der Waals surface area (Å²) < 4.78 is 5.65. The van der Waals surface area contributed by atoms with E-state index in [0.717, 1.165) is 17.0 Å². The minimum absolute atomic E-state index is 0.0644. The number of fused-ring (bicyclic) bond motifs is 1. The molecule has 1 saturated carbocycles. The van der Waals surface area contributed by atoms with Crippen molar-refractivity contribution in [3.8, 4) is 5.75 Å². The molecule has 1 aliphatic heterocycles. The van der Waals surface area contributed by atoms with E-state index in [2.05, 4.69) is 0 Å². The molecule has 20 heavy (non-hydrogen) atoms. The van der Waals surface area contributed by atoms with Crippen molar-refractivity contribution in [3.63, 3.8) is 0 Å². The van der Waals surface area contributed by atoms with Gasteiger partial charge in [0.1, 0.15) is 5.75 Å². The first-order valence-corrected chi connectivity index (χ1v) is 7.45. The molecule has 1 heterocycles. The Morgan fingerprint density at radius 2 is 2.10 bits per heavy atom. The van der Waals surface area contributed by atoms with Crippen molar-refractivity contribution in [1.29, 1.82) is 0 Å². The molecule has 0 aromatic heterocycles. The number of nitrogens with two attached hydrogens (primary N) is 1. The van der Waals surface area contributed by atoms with Gasteiger partial charge in [0, 0.05) is 13.1 Å². The summed E-state index contributed by atoms with van der Waals surface area (Å²) in [5.74, 6) is 1.44. The second-order valence-corrected chi connectivity index (χ2v) is 5.85. The number of hydrogen-bond acceptors (Lipinski definition) is 3. The maximum atomic E-state index is 11.9. The molecule has 1 aromatic carbocycles. The number of benzene rings is 1. The van der Waals surface area contributed by atoms with E-state index in [0.29, 0.717) is 18.9 Å². The molecule has 1 unspecified atom stereocenters. The summed E-state index contributed by atoms with van der Waals surface area (Å²) in [6, 6.07) is 6.09. The van der Waals surface area contributed by atoms with Gasteiger partial charge in [0.05, 0.1) is 18.7 Å². The van der Waals surface area contributed by atoms with Crippen LogP contribution >= 0.6 is 0 Å². The van der Waals surface area contributed by atoms with E-state index in [1.165, 1.54) is 25.7 Å². The van der Waals surface area contributed by atoms with Crippen molar-refractivity contribution in [2.24, 2.45) is 11.7 Å². The number of rotatable bonds is 2. The Morgan fingerprint density at radius 3 is 2.85 bits per heavy atom. The highest BCUT2D eigenvalue weighted by molar-refractivity contribution is 5.95. The Kier molecular flexibility index (Phi) is 3.66. The molecule has 3 rings (SSSR count). The SMILES string of the molecule is CN1C(=O)CCOc2ccc(C(N)C3CCCC3)cc21. The number of ether oxygens (including phenoxy) is 1. The zero-order valence-corrected chi connectivity index (χ0v) is 12.0. The van der Waals surface area contributed by atoms with E-state index in [4.69, 9.17) is 10.5 Å². The molecule has 0 bridgehead atoms. The van der Waals surface area contributed by atoms with E-state index in [1.807, 2.05) is 18.2 Å². The third-order valence-electron chi connectivity index (χ3n) is 4.58. The monoisotopic (exact) mass is 274 g/mol. The summed E-state index contributed by atoms with van der Waals surface area (Å²) in [4.78, 5) is 13.6. The average Bonchev–Trinajstić information content (AvgIpc) is 2.95. The lowest BCUT2D eigenvalue weighted by Crippen LogP contribution is -2.25. The van der Waals surface area contributed by atoms with Gasteiger partial charge in [0.15, 0.2) is 0 Å². The second kappa shape index (κ2) is 5.44. The molecule has 1 fully saturated rings. The van der Waals surface area contributed by atoms with Crippen LogP contribution in [0.1, 0.15) is 43.7 Å². The van der Waals surface area contributed by atoms with Gasteiger partial charge in [-0.2, -0.15) is 0 Å². The van der Waals surface area contributed by atoms with Crippen LogP contribution in [-0.2, 0) is 4.79 Å². The second-order valence-electron chi connectivity index (χ2n) is 5.85. The van der Waals surface area contributed by atoms with Gasteiger partial charge in [-0.05, 0) is 36.5 Å². The van der Waals surface area contributed by atoms with Gasteiger partial charge in [0.25, 0.3) is 0 Å². The fourth-order valence-electron chi connectivity index (χ4n) is 3.26. The van der Waals surface area contributed by atoms with Crippen molar-refractivity contribution < 1.29 is 9.53 Å². The largest absolute Gasteiger partial charge is 0.491 e. The number of carbonyl (C=O) groups excluding carboxylic acids is 1. The molecule has 108 valence electrons. The highest BCUT2D eigenvalue weighted by Crippen LogP contribution is 2.38. The van der Waals surface area contributed by atoms with Crippen LogP contribution in [0, 0.1) is 5.92 Å². The summed E-state index contributed by atoms with van der Waals surface area (Å²) in [5.41, 5.74) is 8.37. The van der Waals surface area contributed by atoms with E-state index in [1.54, 1.807) is 11.9 Å². The van der Waals surface area contributed by atoms with Gasteiger partial charge in [-0.25, -0.2) is 0 Å². The van der Waals surface area contributed by atoms with Crippen LogP contribution in [0.4, 0.5) is 5.69 Å². The first-order chi connectivity index (χ1) is 9.66. The number of hydrogen-bond donors (Lipinski definition) is 1. The smallest absolute Gasteiger partial charge is 0.230 e. The maximum Gasteiger partial charge on any atom is 0.230 e. The van der Waals surface area contributed by atoms with Crippen LogP contribution in [0.3, 0.4) is 0 Å². The van der Waals surface area contributed by atoms with Crippen LogP contribution in [0.25, 0.3) is 0 Å². The minimum atomic E-state index is 0.0644. The van der Waals surface area contributed by atoms with Crippen LogP contribution in [0.15, 0.2) is 18.2 Å². The quantitative estimate of drug-likeness (QED) is 0.902. The predicted molar refractivity (Wildman–Crippen MR) is 78.9 cm³/mol. The van der Waals surface area contributed by atoms with Crippen LogP contribution < -0.4 is 15.4 Å². The standard InChI is InChI=1S/C16H22N2O2/c1-18-13-10-12(16(17)11-4-2-3-5-11)6-7-14(13)20-9-8-15(18)19/h6-7,10-11,16H,2-5,8-9,17H2,1H3. The molecule has 0 radical (unpaired) electrons. The first kappa shape index (κ1) is 13.4. The Bertz CT molecular complexity index is 509. The van der Waals surface area contributed by atoms with Crippen LogP contribution in [-0.4, -0.2) is 19.6 Å². The topological polar surface area (TPSA) is 55.6 Å². The fraction of sp³-hybridized carbons (Fsp3) is 0.562. The minimum Gasteiger partial charge on any atom is -0.491 e. The molecule has 1 amide bonds. The molecule has 1 aromatic rings. The van der Waals surface area contributed by atoms with Crippen LogP contribution in [0.5, 0.6) is 5.75 Å². The lowest BCUT2D eigenvalue weighted by Gasteiger charge is -2.22. The molecular weight excluding hydrogens is 252 g/mol. The van der Waals surface area contributed by atoms with Crippen LogP contribution in [0.2, 0.25) is 0 Å². The Hall–Kier alpha value is -1.55. The highest BCUT2D eigenvalue weighted by Gasteiger charge is 2.26. The molecular formula is C16H22N2O2. The van der Waals surface area contributed by atoms with Gasteiger partial charge in [-0.3, -0.25) is 4.79 Å². The molecule has 0 saturated heterocycles. The van der Waals surface area contributed by atoms with Crippen molar-refractivity contribution in [1.82, 2.24) is 0 Å². The normalized spacial score (nSPS) is 21.3. The Balaban J connectivity index is 1.91. The molecule has 1 aliphatic carbocycles. The van der Waals surface area contributed by atoms with Gasteiger partial charge in [-0.15, -0.1) is 0 Å². The molecule has 2 aliphatic rings. The molecule has 2 N–H and O–H groups in total. The molecule has 4 nitrogen and oxygen atoms in total. The number of carbonyl (C=O) groups is 1. The first-order valence-electron chi connectivity index (χ1n) is 7.45. The number of anilines is 1. The van der Waals surface area contributed by atoms with E-state index < -0.39 is 0 Å². The van der Waals surface area contributed by atoms with Gasteiger partial charge in [0.2, 0.25) is 5.91 Å². The van der Waals surface area contributed by atoms with E-state index in [-0.39, 0.29) is 11.9 Å². The summed E-state index contributed by atoms with van der Waals surface area (Å²) in [7, 11) is 1.81. The maximum absolute atomic E-state index is 11.9. The number of nitrogens with zero attached hydrogens (tertiary/aromatic N) is 1. The zero-order chi connectivity index (χ0) is 14.1. The van der Waals surface area contributed by atoms with Crippen molar-refractivity contribution in [2.45, 2.75) is 38.1 Å². The van der Waals surface area contributed by atoms with Gasteiger partial charge >= 0.3 is 0 Å². The Morgan fingerprint density at radius 1 is 1.35 bits per heavy atom. The molecule has 0 spiro atoms. The molecule has 1 atom stereocenters. The fourth-order valence-corrected chi connectivity index (χ4v) is 3.26. The third-order valence-corrected chi connectivity index (χ3v) is 4.58. The van der Waals surface area contributed by atoms with Gasteiger partial charge in [-0.1, -0.05) is 18.9 Å². The Labute approximate surface area is 119 Å². The zero-order valence-electron chi connectivity index (χ0n) is 12.0. The number of amides is 1. The van der Waals surface area contributed by atoms with Crippen molar-refractivity contribution in [3.05, 3.63) is 23.8 Å². The summed E-state index contributed by atoms with van der Waals surface area (Å²) in [6.45, 7) is 0.449. The van der Waals surface area contributed by atoms with E-state index >= 15 is 0 Å². The summed E-state index contributed by atoms with van der Waals surface area (Å²) >= 11 is 0. The third kappa shape index (κ3) is 2.40. The summed E-state index contributed by atoms with van der Waals surface area (Å²) in [5, 5.41) is 0. The lowest BCUT2D eigenvalue weighted by molar-refractivity contribution is -0.118. The average molecular weight is 274 g/mol. The van der Waals surface area contributed by atoms with Crippen molar-refractivity contribution >= 4 is 11.6 Å². The highest BCUT2D eigenvalue weighted by atomic mass is 16.5. The summed E-state index contributed by atoms with van der Waals surface area (Å²) in [6.07, 6.45) is 5.41. The van der Waals surface area contributed by atoms with Gasteiger partial charge < -0.3 is 15.4 Å². The lowest BCUT2D eigenvalue weighted by atomic mass is 9.92. The molecule has 4 heteroatoms. The van der Waals surface area contributed by atoms with E-state index in [9.17, 15) is 4.79 Å².